The summed E-state index contributed by atoms with van der Waals surface area (Å²) in [5.41, 5.74) is 8.99. The molecule has 29 heavy (non-hydrogen) atoms. The predicted octanol–water partition coefficient (Wildman–Crippen LogP) is 4.44. The van der Waals surface area contributed by atoms with E-state index in [2.05, 4.69) is 66.0 Å². The van der Waals surface area contributed by atoms with Gasteiger partial charge in [-0.1, -0.05) is 57.0 Å². The normalized spacial score (nSPS) is 11.3. The summed E-state index contributed by atoms with van der Waals surface area (Å²) in [6.07, 6.45) is 7.52. The number of rotatable bonds is 12. The monoisotopic (exact) mass is 394 g/mol. The summed E-state index contributed by atoms with van der Waals surface area (Å²) < 4.78 is 1.92. The number of aromatic nitrogens is 3. The molecule has 0 spiro atoms. The van der Waals surface area contributed by atoms with Crippen molar-refractivity contribution < 1.29 is 0 Å². The first-order valence-electron chi connectivity index (χ1n) is 10.8. The molecule has 2 heterocycles. The molecule has 3 aromatic rings. The van der Waals surface area contributed by atoms with E-state index in [4.69, 9.17) is 10.7 Å². The number of hydrogen-bond acceptors (Lipinski definition) is 5. The molecule has 6 heteroatoms. The Morgan fingerprint density at radius 2 is 1.79 bits per heavy atom. The molecule has 6 nitrogen and oxygen atoms in total. The van der Waals surface area contributed by atoms with Crippen LogP contribution in [0.5, 0.6) is 0 Å². The molecule has 0 aliphatic carbocycles. The zero-order chi connectivity index (χ0) is 20.5. The van der Waals surface area contributed by atoms with E-state index in [0.717, 1.165) is 56.2 Å². The molecule has 0 bridgehead atoms. The lowest BCUT2D eigenvalue weighted by Gasteiger charge is -2.13. The van der Waals surface area contributed by atoms with Crippen LogP contribution in [0.1, 0.15) is 56.6 Å². The molecule has 0 aliphatic rings. The molecular weight excluding hydrogens is 360 g/mol. The zero-order valence-electron chi connectivity index (χ0n) is 17.7. The van der Waals surface area contributed by atoms with E-state index in [1.165, 1.54) is 24.0 Å². The summed E-state index contributed by atoms with van der Waals surface area (Å²) in [5, 5.41) is 11.6. The van der Waals surface area contributed by atoms with Gasteiger partial charge in [-0.25, -0.2) is 4.98 Å². The summed E-state index contributed by atoms with van der Waals surface area (Å²) in [6, 6.07) is 12.6. The molecule has 0 amide bonds. The second-order valence-electron chi connectivity index (χ2n) is 7.81. The number of hydrogen-bond donors (Lipinski definition) is 3. The maximum Gasteiger partial charge on any atom is 0.163 e. The van der Waals surface area contributed by atoms with Gasteiger partial charge in [-0.3, -0.25) is 0 Å². The van der Waals surface area contributed by atoms with Crippen molar-refractivity contribution in [2.45, 2.75) is 51.9 Å². The number of nitrogens with zero attached hydrogens (tertiary/aromatic N) is 3. The third-order valence-electron chi connectivity index (χ3n) is 5.12. The first-order valence-corrected chi connectivity index (χ1v) is 10.8. The fourth-order valence-corrected chi connectivity index (χ4v) is 3.42. The lowest BCUT2D eigenvalue weighted by Crippen LogP contribution is -2.12. The third kappa shape index (κ3) is 5.94. The number of unbranched alkanes of at least 4 members (excludes halogenated alkanes) is 3. The summed E-state index contributed by atoms with van der Waals surface area (Å²) in [7, 11) is 0. The van der Waals surface area contributed by atoms with Crippen LogP contribution in [-0.2, 0) is 6.42 Å². The van der Waals surface area contributed by atoms with Crippen LogP contribution in [0.15, 0.2) is 42.6 Å². The topological polar surface area (TPSA) is 80.3 Å². The Kier molecular flexibility index (Phi) is 7.87. The second kappa shape index (κ2) is 10.8. The highest BCUT2D eigenvalue weighted by atomic mass is 15.3. The number of benzene rings is 1. The van der Waals surface area contributed by atoms with Crippen molar-refractivity contribution in [3.05, 3.63) is 53.7 Å². The summed E-state index contributed by atoms with van der Waals surface area (Å²) in [4.78, 5) is 4.85. The zero-order valence-corrected chi connectivity index (χ0v) is 17.7. The van der Waals surface area contributed by atoms with Crippen LogP contribution in [0.25, 0.3) is 5.65 Å². The van der Waals surface area contributed by atoms with Gasteiger partial charge in [-0.05, 0) is 37.3 Å². The molecule has 0 saturated heterocycles. The standard InChI is InChI=1S/C23H34N6/c1-18(2)20-17-27-29-22(26-15-12-19-10-6-5-7-11-19)16-21(28-23(20)29)25-14-9-4-3-8-13-24/h5-7,10-11,16-18,26H,3-4,8-9,12-15,24H2,1-2H3,(H,25,28). The van der Waals surface area contributed by atoms with Crippen molar-refractivity contribution in [2.24, 2.45) is 5.73 Å². The van der Waals surface area contributed by atoms with E-state index >= 15 is 0 Å². The minimum atomic E-state index is 0.378. The Hall–Kier alpha value is -2.60. The molecule has 0 aliphatic heterocycles. The Morgan fingerprint density at radius 1 is 1.00 bits per heavy atom. The van der Waals surface area contributed by atoms with Crippen molar-refractivity contribution in [3.63, 3.8) is 0 Å². The van der Waals surface area contributed by atoms with Gasteiger partial charge in [-0.15, -0.1) is 0 Å². The Balaban J connectivity index is 1.70. The highest BCUT2D eigenvalue weighted by Gasteiger charge is 2.13. The van der Waals surface area contributed by atoms with Crippen LogP contribution in [0.2, 0.25) is 0 Å². The minimum Gasteiger partial charge on any atom is -0.370 e. The van der Waals surface area contributed by atoms with Crippen molar-refractivity contribution in [2.75, 3.05) is 30.3 Å². The van der Waals surface area contributed by atoms with E-state index in [-0.39, 0.29) is 0 Å². The van der Waals surface area contributed by atoms with Gasteiger partial charge in [0.2, 0.25) is 0 Å². The fraction of sp³-hybridized carbons (Fsp3) is 0.478. The highest BCUT2D eigenvalue weighted by Crippen LogP contribution is 2.24. The average molecular weight is 395 g/mol. The molecule has 2 aromatic heterocycles. The number of nitrogens with two attached hydrogens (primary N) is 1. The maximum atomic E-state index is 5.57. The van der Waals surface area contributed by atoms with Crippen LogP contribution in [0.4, 0.5) is 11.6 Å². The van der Waals surface area contributed by atoms with Gasteiger partial charge < -0.3 is 16.4 Å². The van der Waals surface area contributed by atoms with Crippen LogP contribution in [0, 0.1) is 0 Å². The first-order chi connectivity index (χ1) is 14.2. The van der Waals surface area contributed by atoms with Crippen molar-refractivity contribution >= 4 is 17.3 Å². The van der Waals surface area contributed by atoms with Gasteiger partial charge in [0.25, 0.3) is 0 Å². The predicted molar refractivity (Wildman–Crippen MR) is 122 cm³/mol. The molecule has 156 valence electrons. The van der Waals surface area contributed by atoms with Crippen LogP contribution in [-0.4, -0.2) is 34.2 Å². The summed E-state index contributed by atoms with van der Waals surface area (Å²) >= 11 is 0. The molecule has 0 saturated carbocycles. The second-order valence-corrected chi connectivity index (χ2v) is 7.81. The van der Waals surface area contributed by atoms with E-state index in [1.807, 2.05) is 10.7 Å². The van der Waals surface area contributed by atoms with Crippen LogP contribution < -0.4 is 16.4 Å². The molecular formula is C23H34N6. The number of nitrogens with one attached hydrogen (secondary N) is 2. The van der Waals surface area contributed by atoms with Crippen molar-refractivity contribution in [3.8, 4) is 0 Å². The largest absolute Gasteiger partial charge is 0.370 e. The quantitative estimate of drug-likeness (QED) is 0.396. The van der Waals surface area contributed by atoms with Gasteiger partial charge in [0.15, 0.2) is 5.65 Å². The molecule has 0 radical (unpaired) electrons. The van der Waals surface area contributed by atoms with Crippen molar-refractivity contribution in [1.82, 2.24) is 14.6 Å². The fourth-order valence-electron chi connectivity index (χ4n) is 3.42. The third-order valence-corrected chi connectivity index (χ3v) is 5.12. The smallest absolute Gasteiger partial charge is 0.163 e. The highest BCUT2D eigenvalue weighted by molar-refractivity contribution is 5.60. The summed E-state index contributed by atoms with van der Waals surface area (Å²) in [6.45, 7) is 6.90. The lowest BCUT2D eigenvalue weighted by molar-refractivity contribution is 0.661. The maximum absolute atomic E-state index is 5.57. The lowest BCUT2D eigenvalue weighted by atomic mass is 10.1. The molecule has 0 unspecified atom stereocenters. The van der Waals surface area contributed by atoms with Gasteiger partial charge in [0.1, 0.15) is 11.6 Å². The average Bonchev–Trinajstić information content (AvgIpc) is 3.16. The molecule has 4 N–H and O–H groups in total. The van der Waals surface area contributed by atoms with E-state index in [0.29, 0.717) is 5.92 Å². The van der Waals surface area contributed by atoms with Gasteiger partial charge in [-0.2, -0.15) is 9.61 Å². The van der Waals surface area contributed by atoms with Crippen LogP contribution in [0.3, 0.4) is 0 Å². The van der Waals surface area contributed by atoms with E-state index < -0.39 is 0 Å². The van der Waals surface area contributed by atoms with Gasteiger partial charge in [0, 0.05) is 24.7 Å². The van der Waals surface area contributed by atoms with Crippen LogP contribution >= 0.6 is 0 Å². The Bertz CT molecular complexity index is 872. The molecule has 3 rings (SSSR count). The minimum absolute atomic E-state index is 0.378. The van der Waals surface area contributed by atoms with Gasteiger partial charge in [0.05, 0.1) is 6.20 Å². The summed E-state index contributed by atoms with van der Waals surface area (Å²) in [5.74, 6) is 2.26. The SMILES string of the molecule is CC(C)c1cnn2c(NCCc3ccccc3)cc(NCCCCCCN)nc12. The van der Waals surface area contributed by atoms with E-state index in [1.54, 1.807) is 0 Å². The molecule has 1 aromatic carbocycles. The number of anilines is 2. The Morgan fingerprint density at radius 3 is 2.55 bits per heavy atom. The van der Waals surface area contributed by atoms with Gasteiger partial charge >= 0.3 is 0 Å². The molecule has 0 fully saturated rings. The Labute approximate surface area is 173 Å². The van der Waals surface area contributed by atoms with Crippen molar-refractivity contribution in [1.29, 1.82) is 0 Å². The number of fused-ring (bicyclic) bond motifs is 1. The van der Waals surface area contributed by atoms with E-state index in [9.17, 15) is 0 Å². The molecule has 0 atom stereocenters. The first kappa shape index (κ1) is 21.1.